The third kappa shape index (κ3) is 5.29. The van der Waals surface area contributed by atoms with Crippen LogP contribution < -0.4 is 15.3 Å². The van der Waals surface area contributed by atoms with Crippen molar-refractivity contribution in [3.63, 3.8) is 0 Å². The van der Waals surface area contributed by atoms with Crippen LogP contribution in [0.2, 0.25) is 0 Å². The minimum absolute atomic E-state index is 0.0818. The molecule has 8 nitrogen and oxygen atoms in total. The lowest BCUT2D eigenvalue weighted by molar-refractivity contribution is -0.274. The summed E-state index contributed by atoms with van der Waals surface area (Å²) in [5.74, 6) is -0.985. The molecule has 4 rings (SSSR count). The second kappa shape index (κ2) is 10.6. The molecule has 1 aliphatic heterocycles. The van der Waals surface area contributed by atoms with E-state index in [4.69, 9.17) is 0 Å². The molecule has 12 heteroatoms. The van der Waals surface area contributed by atoms with Gasteiger partial charge < -0.3 is 9.64 Å². The van der Waals surface area contributed by atoms with E-state index in [2.05, 4.69) is 19.6 Å². The normalized spacial score (nSPS) is 19.4. The molecule has 3 aromatic rings. The fourth-order valence-corrected chi connectivity index (χ4v) is 5.18. The zero-order chi connectivity index (χ0) is 27.8. The van der Waals surface area contributed by atoms with E-state index < -0.39 is 23.6 Å². The van der Waals surface area contributed by atoms with Crippen LogP contribution in [-0.4, -0.2) is 51.0 Å². The number of hydrogen-bond acceptors (Lipinski definition) is 7. The van der Waals surface area contributed by atoms with Gasteiger partial charge in [-0.2, -0.15) is 10.2 Å². The SMILES string of the molecule is CCC1CN(c2nc(=O)n(C)c3ccc(C#N)nc23)[C@@H](C)CN1C(CC)c1ccc(OC(F)(F)F)cc1F. The maximum atomic E-state index is 15.0. The molecule has 3 atom stereocenters. The predicted octanol–water partition coefficient (Wildman–Crippen LogP) is 4.68. The van der Waals surface area contributed by atoms with Crippen molar-refractivity contribution in [1.82, 2.24) is 19.4 Å². The molecule has 1 saturated heterocycles. The number of pyridine rings is 1. The van der Waals surface area contributed by atoms with Crippen LogP contribution in [0.3, 0.4) is 0 Å². The Morgan fingerprint density at radius 3 is 2.53 bits per heavy atom. The van der Waals surface area contributed by atoms with Gasteiger partial charge in [0.1, 0.15) is 28.8 Å². The molecule has 1 aliphatic rings. The van der Waals surface area contributed by atoms with Gasteiger partial charge in [0.05, 0.1) is 5.52 Å². The molecule has 0 N–H and O–H groups in total. The van der Waals surface area contributed by atoms with Crippen molar-refractivity contribution in [2.24, 2.45) is 7.05 Å². The van der Waals surface area contributed by atoms with Crippen molar-refractivity contribution < 1.29 is 22.3 Å². The zero-order valence-electron chi connectivity index (χ0n) is 21.5. The largest absolute Gasteiger partial charge is 0.573 e. The summed E-state index contributed by atoms with van der Waals surface area (Å²) < 4.78 is 58.1. The quantitative estimate of drug-likeness (QED) is 0.426. The summed E-state index contributed by atoms with van der Waals surface area (Å²) in [6, 6.07) is 7.85. The molecule has 1 fully saturated rings. The van der Waals surface area contributed by atoms with Gasteiger partial charge in [-0.3, -0.25) is 9.47 Å². The number of fused-ring (bicyclic) bond motifs is 1. The van der Waals surface area contributed by atoms with Gasteiger partial charge in [0.2, 0.25) is 0 Å². The zero-order valence-corrected chi connectivity index (χ0v) is 21.5. The van der Waals surface area contributed by atoms with E-state index >= 15 is 4.39 Å². The molecule has 202 valence electrons. The molecule has 1 aromatic carbocycles. The number of rotatable bonds is 6. The average Bonchev–Trinajstić information content (AvgIpc) is 2.87. The van der Waals surface area contributed by atoms with Gasteiger partial charge in [0, 0.05) is 49.9 Å². The van der Waals surface area contributed by atoms with Crippen molar-refractivity contribution in [1.29, 1.82) is 5.26 Å². The number of alkyl halides is 3. The highest BCUT2D eigenvalue weighted by Gasteiger charge is 2.38. The van der Waals surface area contributed by atoms with Crippen molar-refractivity contribution in [3.8, 4) is 11.8 Å². The number of aryl methyl sites for hydroxylation is 1. The fourth-order valence-electron chi connectivity index (χ4n) is 5.18. The Kier molecular flexibility index (Phi) is 7.60. The second-order valence-corrected chi connectivity index (χ2v) is 9.37. The van der Waals surface area contributed by atoms with E-state index in [1.807, 2.05) is 31.7 Å². The fraction of sp³-hybridized carbons (Fsp3) is 0.462. The highest BCUT2D eigenvalue weighted by molar-refractivity contribution is 5.86. The number of halogens is 4. The minimum atomic E-state index is -4.91. The summed E-state index contributed by atoms with van der Waals surface area (Å²) in [6.45, 7) is 6.79. The van der Waals surface area contributed by atoms with Crippen LogP contribution in [-0.2, 0) is 7.05 Å². The topological polar surface area (TPSA) is 87.3 Å². The van der Waals surface area contributed by atoms with E-state index in [1.165, 1.54) is 10.6 Å². The first kappa shape index (κ1) is 27.3. The highest BCUT2D eigenvalue weighted by Crippen LogP contribution is 2.36. The van der Waals surface area contributed by atoms with Crippen molar-refractivity contribution in [3.05, 3.63) is 57.9 Å². The third-order valence-corrected chi connectivity index (χ3v) is 7.03. The van der Waals surface area contributed by atoms with Gasteiger partial charge in [-0.25, -0.2) is 14.2 Å². The molecule has 0 spiro atoms. The number of nitrogens with zero attached hydrogens (tertiary/aromatic N) is 6. The number of ether oxygens (including phenoxy) is 1. The van der Waals surface area contributed by atoms with Gasteiger partial charge in [0.25, 0.3) is 0 Å². The number of nitriles is 1. The van der Waals surface area contributed by atoms with Gasteiger partial charge in [-0.1, -0.05) is 19.9 Å². The van der Waals surface area contributed by atoms with Gasteiger partial charge in [0.15, 0.2) is 5.82 Å². The Labute approximate surface area is 217 Å². The maximum Gasteiger partial charge on any atom is 0.573 e. The summed E-state index contributed by atoms with van der Waals surface area (Å²) in [6.07, 6.45) is -3.69. The van der Waals surface area contributed by atoms with Gasteiger partial charge >= 0.3 is 12.1 Å². The van der Waals surface area contributed by atoms with Crippen LogP contribution in [0.25, 0.3) is 11.0 Å². The van der Waals surface area contributed by atoms with Crippen molar-refractivity contribution in [2.75, 3.05) is 18.0 Å². The van der Waals surface area contributed by atoms with E-state index in [1.54, 1.807) is 19.2 Å². The van der Waals surface area contributed by atoms with Crippen molar-refractivity contribution >= 4 is 16.9 Å². The van der Waals surface area contributed by atoms with Crippen LogP contribution in [0.1, 0.15) is 50.9 Å². The first-order valence-corrected chi connectivity index (χ1v) is 12.3. The number of hydrogen-bond donors (Lipinski definition) is 0. The molecule has 3 heterocycles. The number of piperazine rings is 1. The molecule has 2 aromatic heterocycles. The molecular formula is C26H28F4N6O2. The van der Waals surface area contributed by atoms with Crippen LogP contribution in [0.4, 0.5) is 23.4 Å². The van der Waals surface area contributed by atoms with Gasteiger partial charge in [-0.05, 0) is 38.0 Å². The van der Waals surface area contributed by atoms with E-state index in [0.29, 0.717) is 48.3 Å². The standard InChI is InChI=1S/C26H28F4N6O2/c1-5-17-14-35(24-23-22(34(4)25(37)33-24)10-7-16(12-31)32-23)15(3)13-36(17)21(6-2)19-9-8-18(11-20(19)27)38-26(28,29)30/h7-11,15,17,21H,5-6,13-14H2,1-4H3/t15-,17?,21?/m0/s1. The van der Waals surface area contributed by atoms with Crippen LogP contribution in [0, 0.1) is 17.1 Å². The Hall–Kier alpha value is -3.72. The molecule has 2 unspecified atom stereocenters. The molecular weight excluding hydrogens is 504 g/mol. The Bertz CT molecular complexity index is 1430. The molecule has 0 amide bonds. The summed E-state index contributed by atoms with van der Waals surface area (Å²) in [5.41, 5.74) is 1.04. The van der Waals surface area contributed by atoms with Crippen LogP contribution in [0.5, 0.6) is 5.75 Å². The first-order chi connectivity index (χ1) is 18.0. The first-order valence-electron chi connectivity index (χ1n) is 12.3. The third-order valence-electron chi connectivity index (χ3n) is 7.03. The Morgan fingerprint density at radius 1 is 1.18 bits per heavy atom. The highest BCUT2D eigenvalue weighted by atomic mass is 19.4. The molecule has 38 heavy (non-hydrogen) atoms. The molecule has 0 aliphatic carbocycles. The average molecular weight is 533 g/mol. The number of aromatic nitrogens is 3. The number of benzene rings is 1. The Balaban J connectivity index is 1.69. The summed E-state index contributed by atoms with van der Waals surface area (Å²) in [5, 5.41) is 9.36. The number of anilines is 1. The Morgan fingerprint density at radius 2 is 1.92 bits per heavy atom. The lowest BCUT2D eigenvalue weighted by Gasteiger charge is -2.49. The molecule has 0 bridgehead atoms. The summed E-state index contributed by atoms with van der Waals surface area (Å²) >= 11 is 0. The summed E-state index contributed by atoms with van der Waals surface area (Å²) in [4.78, 5) is 25.5. The summed E-state index contributed by atoms with van der Waals surface area (Å²) in [7, 11) is 1.59. The molecule has 0 radical (unpaired) electrons. The predicted molar refractivity (Wildman–Crippen MR) is 133 cm³/mol. The smallest absolute Gasteiger partial charge is 0.406 e. The van der Waals surface area contributed by atoms with Crippen molar-refractivity contribution in [2.45, 2.75) is 58.1 Å². The van der Waals surface area contributed by atoms with Crippen LogP contribution >= 0.6 is 0 Å². The maximum absolute atomic E-state index is 15.0. The lowest BCUT2D eigenvalue weighted by atomic mass is 9.95. The second-order valence-electron chi connectivity index (χ2n) is 9.37. The van der Waals surface area contributed by atoms with E-state index in [9.17, 15) is 23.2 Å². The molecule has 0 saturated carbocycles. The van der Waals surface area contributed by atoms with E-state index in [-0.39, 0.29) is 23.8 Å². The monoisotopic (exact) mass is 532 g/mol. The van der Waals surface area contributed by atoms with Gasteiger partial charge in [-0.15, -0.1) is 13.2 Å². The van der Waals surface area contributed by atoms with E-state index in [0.717, 1.165) is 12.1 Å². The lowest BCUT2D eigenvalue weighted by Crippen LogP contribution is -2.58. The minimum Gasteiger partial charge on any atom is -0.406 e. The van der Waals surface area contributed by atoms with Crippen LogP contribution in [0.15, 0.2) is 35.1 Å².